The number of hydrogen-bond acceptors (Lipinski definition) is 8. The smallest absolute Gasteiger partial charge is 0.272 e. The normalized spacial score (nSPS) is 16.5. The molecule has 2 aromatic rings. The molecule has 1 aromatic carbocycles. The largest absolute Gasteiger partial charge is 0.493 e. The second-order valence-corrected chi connectivity index (χ2v) is 11.1. The number of anilines is 1. The van der Waals surface area contributed by atoms with Crippen LogP contribution in [-0.4, -0.2) is 56.8 Å². The number of hydrogen-bond donors (Lipinski definition) is 1. The number of carbonyl (C=O) groups excluding carboxylic acids is 3. The van der Waals surface area contributed by atoms with E-state index in [1.165, 1.54) is 7.11 Å². The van der Waals surface area contributed by atoms with E-state index in [1.807, 2.05) is 0 Å². The van der Waals surface area contributed by atoms with Crippen LogP contribution in [-0.2, 0) is 14.6 Å². The van der Waals surface area contributed by atoms with Gasteiger partial charge in [0, 0.05) is 17.6 Å². The summed E-state index contributed by atoms with van der Waals surface area (Å²) in [7, 11) is -2.10. The standard InChI is InChI=1S/C22H24N2O7S2/c1-4-31-17-9-13(7-8-16(17)30-2)15(11-33(3,28)29)24-21(26)18-14(10-32-19(18)22(24)27)23-20(25)12-5-6-12/h7-10,12,15H,4-6,11H2,1-3H3,(H,23,25). The summed E-state index contributed by atoms with van der Waals surface area (Å²) in [6, 6.07) is 3.73. The van der Waals surface area contributed by atoms with Gasteiger partial charge in [0.05, 0.1) is 36.8 Å². The maximum atomic E-state index is 13.4. The summed E-state index contributed by atoms with van der Waals surface area (Å²) in [5, 5.41) is 4.31. The Bertz CT molecular complexity index is 1230. The molecule has 1 aliphatic heterocycles. The monoisotopic (exact) mass is 492 g/mol. The van der Waals surface area contributed by atoms with Crippen molar-refractivity contribution in [1.82, 2.24) is 4.90 Å². The van der Waals surface area contributed by atoms with Crippen LogP contribution in [0, 0.1) is 5.92 Å². The van der Waals surface area contributed by atoms with E-state index in [-0.39, 0.29) is 28.0 Å². The zero-order valence-electron chi connectivity index (χ0n) is 18.4. The van der Waals surface area contributed by atoms with Crippen molar-refractivity contribution in [3.8, 4) is 11.5 Å². The molecule has 1 aromatic heterocycles. The molecule has 1 unspecified atom stereocenters. The topological polar surface area (TPSA) is 119 Å². The second-order valence-electron chi connectivity index (χ2n) is 8.05. The number of sulfone groups is 1. The van der Waals surface area contributed by atoms with Gasteiger partial charge in [-0.05, 0) is 37.5 Å². The van der Waals surface area contributed by atoms with E-state index in [9.17, 15) is 22.8 Å². The molecule has 1 N–H and O–H groups in total. The minimum absolute atomic E-state index is 0.0712. The molecule has 0 spiro atoms. The average Bonchev–Trinajstić information content (AvgIpc) is 3.48. The number of thiophene rings is 1. The van der Waals surface area contributed by atoms with E-state index in [2.05, 4.69) is 5.32 Å². The molecular formula is C22H24N2O7S2. The number of nitrogens with zero attached hydrogens (tertiary/aromatic N) is 1. The van der Waals surface area contributed by atoms with Crippen LogP contribution in [0.4, 0.5) is 5.69 Å². The highest BCUT2D eigenvalue weighted by Gasteiger charge is 2.45. The number of nitrogens with one attached hydrogen (secondary N) is 1. The summed E-state index contributed by atoms with van der Waals surface area (Å²) in [5.41, 5.74) is 0.816. The number of methoxy groups -OCH3 is 1. The SMILES string of the molecule is CCOc1cc(C(CS(C)(=O)=O)N2C(=O)c3scc(NC(=O)C4CC4)c3C2=O)ccc1OC. The summed E-state index contributed by atoms with van der Waals surface area (Å²) >= 11 is 1.06. The molecule has 0 radical (unpaired) electrons. The summed E-state index contributed by atoms with van der Waals surface area (Å²) in [6.07, 6.45) is 2.65. The van der Waals surface area contributed by atoms with E-state index < -0.39 is 33.4 Å². The molecule has 0 saturated heterocycles. The molecule has 1 aliphatic carbocycles. The van der Waals surface area contributed by atoms with Gasteiger partial charge in [-0.15, -0.1) is 11.3 Å². The number of ether oxygens (including phenoxy) is 2. The zero-order valence-corrected chi connectivity index (χ0v) is 20.0. The third-order valence-electron chi connectivity index (χ3n) is 5.49. The lowest BCUT2D eigenvalue weighted by molar-refractivity contribution is -0.117. The maximum Gasteiger partial charge on any atom is 0.272 e. The lowest BCUT2D eigenvalue weighted by Gasteiger charge is -2.27. The lowest BCUT2D eigenvalue weighted by Crippen LogP contribution is -2.38. The van der Waals surface area contributed by atoms with Crippen molar-refractivity contribution >= 4 is 44.6 Å². The first-order chi connectivity index (χ1) is 15.6. The molecule has 1 atom stereocenters. The molecule has 176 valence electrons. The Balaban J connectivity index is 1.73. The number of amides is 3. The Hall–Kier alpha value is -2.92. The number of imide groups is 1. The van der Waals surface area contributed by atoms with Crippen molar-refractivity contribution in [2.45, 2.75) is 25.8 Å². The maximum absolute atomic E-state index is 13.4. The van der Waals surface area contributed by atoms with Crippen LogP contribution >= 0.6 is 11.3 Å². The second kappa shape index (κ2) is 8.79. The Morgan fingerprint density at radius 2 is 1.97 bits per heavy atom. The van der Waals surface area contributed by atoms with Gasteiger partial charge in [-0.3, -0.25) is 19.3 Å². The summed E-state index contributed by atoms with van der Waals surface area (Å²) in [4.78, 5) is 40.0. The minimum Gasteiger partial charge on any atom is -0.493 e. The summed E-state index contributed by atoms with van der Waals surface area (Å²) < 4.78 is 35.4. The highest BCUT2D eigenvalue weighted by atomic mass is 32.2. The third-order valence-corrected chi connectivity index (χ3v) is 7.38. The van der Waals surface area contributed by atoms with Gasteiger partial charge < -0.3 is 14.8 Å². The van der Waals surface area contributed by atoms with Crippen molar-refractivity contribution in [2.75, 3.05) is 31.0 Å². The van der Waals surface area contributed by atoms with Crippen LogP contribution in [0.2, 0.25) is 0 Å². The molecule has 11 heteroatoms. The van der Waals surface area contributed by atoms with Crippen molar-refractivity contribution < 1.29 is 32.3 Å². The first-order valence-electron chi connectivity index (χ1n) is 10.4. The molecule has 1 fully saturated rings. The van der Waals surface area contributed by atoms with Gasteiger partial charge in [0.15, 0.2) is 11.5 Å². The number of fused-ring (bicyclic) bond motifs is 1. The highest BCUT2D eigenvalue weighted by Crippen LogP contribution is 2.41. The fourth-order valence-corrected chi connectivity index (χ4v) is 5.62. The van der Waals surface area contributed by atoms with Crippen molar-refractivity contribution in [2.24, 2.45) is 5.92 Å². The third kappa shape index (κ3) is 4.60. The van der Waals surface area contributed by atoms with Gasteiger partial charge in [0.1, 0.15) is 14.7 Å². The predicted molar refractivity (Wildman–Crippen MR) is 123 cm³/mol. The minimum atomic E-state index is -3.58. The van der Waals surface area contributed by atoms with E-state index in [1.54, 1.807) is 30.5 Å². The predicted octanol–water partition coefficient (Wildman–Crippen LogP) is 2.89. The quantitative estimate of drug-likeness (QED) is 0.535. The molecule has 2 heterocycles. The summed E-state index contributed by atoms with van der Waals surface area (Å²) in [5.74, 6) is -1.11. The first-order valence-corrected chi connectivity index (χ1v) is 13.4. The Labute approximate surface area is 195 Å². The molecule has 2 aliphatic rings. The molecule has 3 amide bonds. The van der Waals surface area contributed by atoms with Crippen LogP contribution in [0.5, 0.6) is 11.5 Å². The number of rotatable bonds is 9. The van der Waals surface area contributed by atoms with E-state index >= 15 is 0 Å². The van der Waals surface area contributed by atoms with Crippen LogP contribution < -0.4 is 14.8 Å². The van der Waals surface area contributed by atoms with Gasteiger partial charge in [0.2, 0.25) is 5.91 Å². The molecule has 33 heavy (non-hydrogen) atoms. The Kier molecular flexibility index (Phi) is 6.19. The van der Waals surface area contributed by atoms with E-state index in [0.29, 0.717) is 23.7 Å². The van der Waals surface area contributed by atoms with Gasteiger partial charge in [0.25, 0.3) is 11.8 Å². The van der Waals surface area contributed by atoms with Gasteiger partial charge in [-0.25, -0.2) is 8.42 Å². The average molecular weight is 493 g/mol. The van der Waals surface area contributed by atoms with E-state index in [0.717, 1.165) is 35.3 Å². The van der Waals surface area contributed by atoms with Crippen molar-refractivity contribution in [3.05, 3.63) is 39.6 Å². The molecular weight excluding hydrogens is 468 g/mol. The Morgan fingerprint density at radius 3 is 2.58 bits per heavy atom. The van der Waals surface area contributed by atoms with Crippen LogP contribution in [0.1, 0.15) is 51.4 Å². The summed E-state index contributed by atoms with van der Waals surface area (Å²) in [6.45, 7) is 2.14. The fourth-order valence-electron chi connectivity index (χ4n) is 3.78. The van der Waals surface area contributed by atoms with Gasteiger partial charge >= 0.3 is 0 Å². The van der Waals surface area contributed by atoms with Gasteiger partial charge in [-0.2, -0.15) is 0 Å². The fraction of sp³-hybridized carbons (Fsp3) is 0.409. The Morgan fingerprint density at radius 1 is 1.24 bits per heavy atom. The first kappa shape index (κ1) is 23.2. The van der Waals surface area contributed by atoms with Gasteiger partial charge in [-0.1, -0.05) is 6.07 Å². The van der Waals surface area contributed by atoms with Crippen LogP contribution in [0.15, 0.2) is 23.6 Å². The van der Waals surface area contributed by atoms with Crippen molar-refractivity contribution in [1.29, 1.82) is 0 Å². The molecule has 9 nitrogen and oxygen atoms in total. The zero-order chi connectivity index (χ0) is 23.9. The molecule has 4 rings (SSSR count). The number of benzene rings is 1. The number of carbonyl (C=O) groups is 3. The molecule has 0 bridgehead atoms. The lowest BCUT2D eigenvalue weighted by atomic mass is 10.1. The highest BCUT2D eigenvalue weighted by molar-refractivity contribution is 7.90. The van der Waals surface area contributed by atoms with Crippen molar-refractivity contribution in [3.63, 3.8) is 0 Å². The van der Waals surface area contributed by atoms with E-state index in [4.69, 9.17) is 9.47 Å². The van der Waals surface area contributed by atoms with Crippen LogP contribution in [0.25, 0.3) is 0 Å². The molecule has 1 saturated carbocycles. The van der Waals surface area contributed by atoms with Crippen LogP contribution in [0.3, 0.4) is 0 Å².